The van der Waals surface area contributed by atoms with E-state index in [9.17, 15) is 15.3 Å². The van der Waals surface area contributed by atoms with Gasteiger partial charge in [-0.15, -0.1) is 0 Å². The van der Waals surface area contributed by atoms with Gasteiger partial charge in [-0.2, -0.15) is 0 Å². The zero-order valence-electron chi connectivity index (χ0n) is 9.76. The predicted molar refractivity (Wildman–Crippen MR) is 64.8 cm³/mol. The van der Waals surface area contributed by atoms with Crippen LogP contribution in [-0.4, -0.2) is 28.0 Å². The molecule has 0 saturated heterocycles. The van der Waals surface area contributed by atoms with Crippen LogP contribution in [0.5, 0.6) is 11.5 Å². The molecule has 4 nitrogen and oxygen atoms in total. The van der Waals surface area contributed by atoms with Crippen LogP contribution >= 0.6 is 0 Å². The molecule has 2 unspecified atom stereocenters. The molecule has 0 heterocycles. The van der Waals surface area contributed by atoms with E-state index in [0.717, 1.165) is 25.8 Å². The molecular weight excluding hydrogens is 218 g/mol. The fourth-order valence-electron chi connectivity index (χ4n) is 2.37. The molecule has 0 amide bonds. The van der Waals surface area contributed by atoms with E-state index in [1.54, 1.807) is 12.1 Å². The topological polar surface area (TPSA) is 72.7 Å². The average Bonchev–Trinajstić information content (AvgIpc) is 2.70. The molecule has 17 heavy (non-hydrogen) atoms. The maximum atomic E-state index is 9.60. The van der Waals surface area contributed by atoms with Crippen molar-refractivity contribution in [3.05, 3.63) is 23.8 Å². The van der Waals surface area contributed by atoms with Crippen molar-refractivity contribution in [2.45, 2.75) is 31.9 Å². The third kappa shape index (κ3) is 3.11. The molecule has 0 bridgehead atoms. The van der Waals surface area contributed by atoms with Crippen molar-refractivity contribution in [2.24, 2.45) is 5.92 Å². The summed E-state index contributed by atoms with van der Waals surface area (Å²) in [6.07, 6.45) is 2.67. The molecule has 0 aromatic heterocycles. The van der Waals surface area contributed by atoms with E-state index >= 15 is 0 Å². The van der Waals surface area contributed by atoms with E-state index in [-0.39, 0.29) is 17.6 Å². The summed E-state index contributed by atoms with van der Waals surface area (Å²) < 4.78 is 0. The Labute approximate surface area is 101 Å². The molecule has 0 spiro atoms. The van der Waals surface area contributed by atoms with E-state index in [2.05, 4.69) is 5.32 Å². The summed E-state index contributed by atoms with van der Waals surface area (Å²) in [5.41, 5.74) is 0.698. The van der Waals surface area contributed by atoms with E-state index in [1.807, 2.05) is 0 Å². The van der Waals surface area contributed by atoms with Gasteiger partial charge in [0.25, 0.3) is 0 Å². The average molecular weight is 237 g/mol. The first-order valence-electron chi connectivity index (χ1n) is 6.05. The predicted octanol–water partition coefficient (Wildman–Crippen LogP) is 1.35. The van der Waals surface area contributed by atoms with Crippen molar-refractivity contribution < 1.29 is 15.3 Å². The zero-order valence-corrected chi connectivity index (χ0v) is 9.76. The molecule has 2 atom stereocenters. The lowest BCUT2D eigenvalue weighted by atomic mass is 10.1. The maximum Gasteiger partial charge on any atom is 0.161 e. The smallest absolute Gasteiger partial charge is 0.161 e. The standard InChI is InChI=1S/C13H19NO3/c15-11-5-4-9(6-11)7-14-8-10-2-1-3-12(16)13(10)17/h1-3,9,11,14-17H,4-8H2. The van der Waals surface area contributed by atoms with E-state index < -0.39 is 0 Å². The fraction of sp³-hybridized carbons (Fsp3) is 0.538. The van der Waals surface area contributed by atoms with Crippen molar-refractivity contribution >= 4 is 0 Å². The molecule has 2 rings (SSSR count). The molecule has 1 aliphatic carbocycles. The Hall–Kier alpha value is -1.26. The lowest BCUT2D eigenvalue weighted by Crippen LogP contribution is -2.21. The summed E-state index contributed by atoms with van der Waals surface area (Å²) in [6, 6.07) is 4.96. The van der Waals surface area contributed by atoms with Gasteiger partial charge in [0.15, 0.2) is 11.5 Å². The SMILES string of the molecule is Oc1cccc(CNCC2CCC(O)C2)c1O. The van der Waals surface area contributed by atoms with Crippen LogP contribution in [0.3, 0.4) is 0 Å². The largest absolute Gasteiger partial charge is 0.504 e. The van der Waals surface area contributed by atoms with Gasteiger partial charge in [-0.1, -0.05) is 12.1 Å². The molecule has 0 radical (unpaired) electrons. The van der Waals surface area contributed by atoms with Crippen LogP contribution in [0, 0.1) is 5.92 Å². The molecule has 1 fully saturated rings. The highest BCUT2D eigenvalue weighted by Crippen LogP contribution is 2.28. The number of phenolic OH excluding ortho intramolecular Hbond substituents is 2. The Morgan fingerprint density at radius 3 is 2.76 bits per heavy atom. The Morgan fingerprint density at radius 1 is 1.24 bits per heavy atom. The Bertz CT molecular complexity index is 381. The number of hydrogen-bond acceptors (Lipinski definition) is 4. The first-order chi connectivity index (χ1) is 8.16. The molecule has 94 valence electrons. The van der Waals surface area contributed by atoms with Crippen LogP contribution in [0.4, 0.5) is 0 Å². The van der Waals surface area contributed by atoms with Crippen LogP contribution in [0.25, 0.3) is 0 Å². The number of para-hydroxylation sites is 1. The number of rotatable bonds is 4. The highest BCUT2D eigenvalue weighted by Gasteiger charge is 2.22. The Kier molecular flexibility index (Phi) is 3.86. The second-order valence-electron chi connectivity index (χ2n) is 4.75. The minimum absolute atomic E-state index is 0.0496. The number of phenols is 2. The molecular formula is C13H19NO3. The van der Waals surface area contributed by atoms with Gasteiger partial charge >= 0.3 is 0 Å². The first kappa shape index (κ1) is 12.2. The van der Waals surface area contributed by atoms with E-state index in [1.165, 1.54) is 6.07 Å². The van der Waals surface area contributed by atoms with Crippen LogP contribution < -0.4 is 5.32 Å². The highest BCUT2D eigenvalue weighted by atomic mass is 16.3. The highest BCUT2D eigenvalue weighted by molar-refractivity contribution is 5.44. The lowest BCUT2D eigenvalue weighted by Gasteiger charge is -2.12. The van der Waals surface area contributed by atoms with E-state index in [4.69, 9.17) is 0 Å². The lowest BCUT2D eigenvalue weighted by molar-refractivity contribution is 0.177. The van der Waals surface area contributed by atoms with Gasteiger partial charge in [-0.3, -0.25) is 0 Å². The molecule has 1 aromatic carbocycles. The summed E-state index contributed by atoms with van der Waals surface area (Å²) in [5.74, 6) is 0.386. The summed E-state index contributed by atoms with van der Waals surface area (Å²) in [7, 11) is 0. The van der Waals surface area contributed by atoms with Crippen LogP contribution in [0.15, 0.2) is 18.2 Å². The molecule has 1 aromatic rings. The van der Waals surface area contributed by atoms with Gasteiger partial charge in [0, 0.05) is 12.1 Å². The number of hydrogen-bond donors (Lipinski definition) is 4. The second kappa shape index (κ2) is 5.38. The quantitative estimate of drug-likeness (QED) is 0.596. The third-order valence-electron chi connectivity index (χ3n) is 3.36. The summed E-state index contributed by atoms with van der Waals surface area (Å²) in [6.45, 7) is 1.37. The number of aliphatic hydroxyl groups is 1. The molecule has 4 heteroatoms. The number of aromatic hydroxyl groups is 2. The summed E-state index contributed by atoms with van der Waals surface area (Å²) in [5, 5.41) is 31.6. The monoisotopic (exact) mass is 237 g/mol. The van der Waals surface area contributed by atoms with E-state index in [0.29, 0.717) is 18.0 Å². The Morgan fingerprint density at radius 2 is 2.06 bits per heavy atom. The van der Waals surface area contributed by atoms with Crippen molar-refractivity contribution in [1.29, 1.82) is 0 Å². The van der Waals surface area contributed by atoms with Crippen LogP contribution in [0.1, 0.15) is 24.8 Å². The van der Waals surface area contributed by atoms with Crippen LogP contribution in [-0.2, 0) is 6.54 Å². The third-order valence-corrected chi connectivity index (χ3v) is 3.36. The van der Waals surface area contributed by atoms with Crippen molar-refractivity contribution in [3.63, 3.8) is 0 Å². The maximum absolute atomic E-state index is 9.60. The Balaban J connectivity index is 1.80. The minimum Gasteiger partial charge on any atom is -0.504 e. The second-order valence-corrected chi connectivity index (χ2v) is 4.75. The zero-order chi connectivity index (χ0) is 12.3. The van der Waals surface area contributed by atoms with Crippen molar-refractivity contribution in [1.82, 2.24) is 5.32 Å². The van der Waals surface area contributed by atoms with Gasteiger partial charge in [0.2, 0.25) is 0 Å². The van der Waals surface area contributed by atoms with Gasteiger partial charge in [-0.05, 0) is 37.8 Å². The van der Waals surface area contributed by atoms with Crippen LogP contribution in [0.2, 0.25) is 0 Å². The molecule has 1 aliphatic rings. The normalized spacial score (nSPS) is 24.1. The van der Waals surface area contributed by atoms with Gasteiger partial charge in [0.05, 0.1) is 6.10 Å². The molecule has 1 saturated carbocycles. The number of nitrogens with one attached hydrogen (secondary N) is 1. The van der Waals surface area contributed by atoms with Gasteiger partial charge in [0.1, 0.15) is 0 Å². The first-order valence-corrected chi connectivity index (χ1v) is 6.05. The fourth-order valence-corrected chi connectivity index (χ4v) is 2.37. The van der Waals surface area contributed by atoms with Crippen molar-refractivity contribution in [3.8, 4) is 11.5 Å². The minimum atomic E-state index is -0.143. The summed E-state index contributed by atoms with van der Waals surface area (Å²) in [4.78, 5) is 0. The molecule has 0 aliphatic heterocycles. The summed E-state index contributed by atoms with van der Waals surface area (Å²) >= 11 is 0. The number of aliphatic hydroxyl groups excluding tert-OH is 1. The number of benzene rings is 1. The van der Waals surface area contributed by atoms with Crippen molar-refractivity contribution in [2.75, 3.05) is 6.54 Å². The van der Waals surface area contributed by atoms with Gasteiger partial charge in [-0.25, -0.2) is 0 Å². The van der Waals surface area contributed by atoms with Gasteiger partial charge < -0.3 is 20.6 Å². The molecule has 4 N–H and O–H groups in total.